The second-order valence-corrected chi connectivity index (χ2v) is 5.77. The summed E-state index contributed by atoms with van der Waals surface area (Å²) in [4.78, 5) is 0. The molecule has 0 saturated heterocycles. The lowest BCUT2D eigenvalue weighted by molar-refractivity contribution is 1.27. The molecule has 5 rings (SSSR count). The average Bonchev–Trinajstić information content (AvgIpc) is 3.10. The van der Waals surface area contributed by atoms with E-state index >= 15 is 0 Å². The lowest BCUT2D eigenvalue weighted by atomic mass is 9.93. The van der Waals surface area contributed by atoms with Gasteiger partial charge in [-0.1, -0.05) is 60.7 Å². The molecule has 0 nitrogen and oxygen atoms in total. The van der Waals surface area contributed by atoms with E-state index in [9.17, 15) is 0 Å². The Kier molecular flexibility index (Phi) is 1.88. The molecule has 94 valence electrons. The van der Waals surface area contributed by atoms with Crippen LogP contribution in [-0.4, -0.2) is 0 Å². The maximum absolute atomic E-state index is 2.31. The summed E-state index contributed by atoms with van der Waals surface area (Å²) in [6.07, 6.45) is 6.75. The molecule has 2 aliphatic rings. The fourth-order valence-corrected chi connectivity index (χ4v) is 3.80. The largest absolute Gasteiger partial charge is 0.0795 e. The molecule has 0 radical (unpaired) electrons. The molecule has 20 heavy (non-hydrogen) atoms. The Morgan fingerprint density at radius 3 is 2.65 bits per heavy atom. The molecule has 3 aromatic rings. The Labute approximate surface area is 118 Å². The molecule has 3 aromatic carbocycles. The lowest BCUT2D eigenvalue weighted by Gasteiger charge is -2.10. The molecule has 0 unspecified atom stereocenters. The molecule has 0 heteroatoms. The third kappa shape index (κ3) is 1.21. The van der Waals surface area contributed by atoms with Gasteiger partial charge in [-0.3, -0.25) is 0 Å². The molecule has 0 fully saturated rings. The van der Waals surface area contributed by atoms with E-state index in [0.29, 0.717) is 0 Å². The van der Waals surface area contributed by atoms with Crippen LogP contribution in [0.3, 0.4) is 0 Å². The minimum atomic E-state index is 1.08. The van der Waals surface area contributed by atoms with Crippen molar-refractivity contribution in [1.29, 1.82) is 0 Å². The maximum atomic E-state index is 2.31. The van der Waals surface area contributed by atoms with Crippen molar-refractivity contribution in [2.75, 3.05) is 0 Å². The van der Waals surface area contributed by atoms with E-state index in [-0.39, 0.29) is 0 Å². The minimum Gasteiger partial charge on any atom is -0.0795 e. The fourth-order valence-electron chi connectivity index (χ4n) is 3.80. The highest BCUT2D eigenvalue weighted by Gasteiger charge is 2.22. The summed E-state index contributed by atoms with van der Waals surface area (Å²) in [5.41, 5.74) is 8.77. The van der Waals surface area contributed by atoms with Crippen LogP contribution in [-0.2, 0) is 12.8 Å². The third-order valence-electron chi connectivity index (χ3n) is 4.72. The van der Waals surface area contributed by atoms with Gasteiger partial charge in [0.1, 0.15) is 0 Å². The molecule has 0 amide bonds. The topological polar surface area (TPSA) is 0 Å². The number of fused-ring (bicyclic) bond motifs is 7. The van der Waals surface area contributed by atoms with Crippen molar-refractivity contribution < 1.29 is 0 Å². The van der Waals surface area contributed by atoms with Crippen LogP contribution in [0.15, 0.2) is 54.6 Å². The van der Waals surface area contributed by atoms with E-state index in [1.54, 1.807) is 0 Å². The van der Waals surface area contributed by atoms with Crippen LogP contribution < -0.4 is 0 Å². The van der Waals surface area contributed by atoms with E-state index in [4.69, 9.17) is 0 Å². The van der Waals surface area contributed by atoms with Gasteiger partial charge in [-0.2, -0.15) is 0 Å². The molecule has 0 bridgehead atoms. The monoisotopic (exact) mass is 254 g/mol. The Morgan fingerprint density at radius 1 is 0.750 bits per heavy atom. The molecule has 2 aliphatic carbocycles. The number of allylic oxidation sites excluding steroid dienone is 1. The van der Waals surface area contributed by atoms with Gasteiger partial charge >= 0.3 is 0 Å². The summed E-state index contributed by atoms with van der Waals surface area (Å²) < 4.78 is 0. The van der Waals surface area contributed by atoms with Crippen molar-refractivity contribution >= 4 is 16.8 Å². The minimum absolute atomic E-state index is 1.08. The van der Waals surface area contributed by atoms with Crippen LogP contribution in [0.4, 0.5) is 0 Å². The molecule has 0 N–H and O–H groups in total. The zero-order valence-electron chi connectivity index (χ0n) is 11.2. The number of hydrogen-bond acceptors (Lipinski definition) is 0. The summed E-state index contributed by atoms with van der Waals surface area (Å²) in [6, 6.07) is 18.0. The van der Waals surface area contributed by atoms with Crippen molar-refractivity contribution in [3.05, 3.63) is 76.9 Å². The quantitative estimate of drug-likeness (QED) is 0.415. The first-order valence-corrected chi connectivity index (χ1v) is 7.24. The summed E-state index contributed by atoms with van der Waals surface area (Å²) in [5.74, 6) is 0. The molecular weight excluding hydrogens is 240 g/mol. The predicted octanol–water partition coefficient (Wildman–Crippen LogP) is 4.98. The Bertz CT molecular complexity index is 897. The van der Waals surface area contributed by atoms with Crippen molar-refractivity contribution in [2.45, 2.75) is 12.8 Å². The van der Waals surface area contributed by atoms with E-state index in [1.165, 1.54) is 44.2 Å². The zero-order valence-corrected chi connectivity index (χ0v) is 11.2. The summed E-state index contributed by atoms with van der Waals surface area (Å²) >= 11 is 0. The van der Waals surface area contributed by atoms with Gasteiger partial charge in [0.25, 0.3) is 0 Å². The summed E-state index contributed by atoms with van der Waals surface area (Å²) in [7, 11) is 0. The first-order chi connectivity index (χ1) is 9.92. The standard InChI is InChI=1S/C20H14/c1-2-6-16-15(4-1)12-19-18(16)11-10-14-9-8-13-5-3-7-17(13)20(14)19/h1-4,6-11H,5,12H2. The summed E-state index contributed by atoms with van der Waals surface area (Å²) in [5, 5.41) is 2.85. The smallest absolute Gasteiger partial charge is 0.000706 e. The van der Waals surface area contributed by atoms with E-state index in [0.717, 1.165) is 12.8 Å². The molecule has 0 aliphatic heterocycles. The Morgan fingerprint density at radius 2 is 1.65 bits per heavy atom. The van der Waals surface area contributed by atoms with Crippen LogP contribution in [0, 0.1) is 0 Å². The second-order valence-electron chi connectivity index (χ2n) is 5.77. The number of rotatable bonds is 0. The van der Waals surface area contributed by atoms with Crippen LogP contribution in [0.2, 0.25) is 0 Å². The molecule has 0 atom stereocenters. The van der Waals surface area contributed by atoms with Crippen LogP contribution in [0.5, 0.6) is 0 Å². The van der Waals surface area contributed by atoms with E-state index in [1.807, 2.05) is 0 Å². The molecule has 0 aromatic heterocycles. The molecule has 0 heterocycles. The van der Waals surface area contributed by atoms with E-state index in [2.05, 4.69) is 60.7 Å². The number of benzene rings is 3. The van der Waals surface area contributed by atoms with Gasteiger partial charge < -0.3 is 0 Å². The van der Waals surface area contributed by atoms with Crippen LogP contribution in [0.1, 0.15) is 22.3 Å². The van der Waals surface area contributed by atoms with Crippen molar-refractivity contribution in [2.24, 2.45) is 0 Å². The Balaban J connectivity index is 1.93. The highest BCUT2D eigenvalue weighted by molar-refractivity contribution is 6.01. The molecular formula is C20H14. The lowest BCUT2D eigenvalue weighted by Crippen LogP contribution is -1.90. The Hall–Kier alpha value is -2.34. The average molecular weight is 254 g/mol. The molecule has 0 spiro atoms. The van der Waals surface area contributed by atoms with Gasteiger partial charge in [0.05, 0.1) is 0 Å². The number of hydrogen-bond donors (Lipinski definition) is 0. The van der Waals surface area contributed by atoms with E-state index < -0.39 is 0 Å². The van der Waals surface area contributed by atoms with Crippen molar-refractivity contribution in [3.8, 4) is 11.1 Å². The van der Waals surface area contributed by atoms with Gasteiger partial charge in [0.2, 0.25) is 0 Å². The van der Waals surface area contributed by atoms with Gasteiger partial charge in [0.15, 0.2) is 0 Å². The van der Waals surface area contributed by atoms with Gasteiger partial charge in [-0.25, -0.2) is 0 Å². The SMILES string of the molecule is C1=Cc2c(ccc3ccc4c(c23)Cc2ccccc2-4)C1. The van der Waals surface area contributed by atoms with Crippen LogP contribution >= 0.6 is 0 Å². The predicted molar refractivity (Wildman–Crippen MR) is 84.9 cm³/mol. The fraction of sp³-hybridized carbons (Fsp3) is 0.100. The van der Waals surface area contributed by atoms with Crippen LogP contribution in [0.25, 0.3) is 28.0 Å². The summed E-state index contributed by atoms with van der Waals surface area (Å²) in [6.45, 7) is 0. The van der Waals surface area contributed by atoms with Crippen molar-refractivity contribution in [1.82, 2.24) is 0 Å². The zero-order chi connectivity index (χ0) is 13.1. The maximum Gasteiger partial charge on any atom is -0.000706 e. The molecule has 0 saturated carbocycles. The first-order valence-electron chi connectivity index (χ1n) is 7.24. The van der Waals surface area contributed by atoms with Gasteiger partial charge in [-0.15, -0.1) is 0 Å². The van der Waals surface area contributed by atoms with Crippen molar-refractivity contribution in [3.63, 3.8) is 0 Å². The van der Waals surface area contributed by atoms with Gasteiger partial charge in [-0.05, 0) is 57.0 Å². The van der Waals surface area contributed by atoms with Gasteiger partial charge in [0, 0.05) is 0 Å². The normalized spacial score (nSPS) is 14.4. The highest BCUT2D eigenvalue weighted by atomic mass is 14.3. The highest BCUT2D eigenvalue weighted by Crippen LogP contribution is 2.42. The third-order valence-corrected chi connectivity index (χ3v) is 4.72. The second kappa shape index (κ2) is 3.61. The first kappa shape index (κ1) is 10.4.